The molecule has 21 heavy (non-hydrogen) atoms. The summed E-state index contributed by atoms with van der Waals surface area (Å²) in [5.74, 6) is 0. The molecule has 0 radical (unpaired) electrons. The summed E-state index contributed by atoms with van der Waals surface area (Å²) in [4.78, 5) is 2.19. The van der Waals surface area contributed by atoms with E-state index in [1.54, 1.807) is 0 Å². The van der Waals surface area contributed by atoms with Crippen molar-refractivity contribution in [3.63, 3.8) is 0 Å². The molecule has 118 valence electrons. The summed E-state index contributed by atoms with van der Waals surface area (Å²) in [6.45, 7) is 8.14. The molecule has 0 unspecified atom stereocenters. The van der Waals surface area contributed by atoms with Gasteiger partial charge in [0.2, 0.25) is 0 Å². The molecule has 2 N–H and O–H groups in total. The molecule has 1 saturated carbocycles. The highest BCUT2D eigenvalue weighted by Gasteiger charge is 2.32. The predicted molar refractivity (Wildman–Crippen MR) is 89.8 cm³/mol. The van der Waals surface area contributed by atoms with Crippen LogP contribution in [0.1, 0.15) is 50.7 Å². The van der Waals surface area contributed by atoms with Gasteiger partial charge in [0.1, 0.15) is 0 Å². The molecule has 1 fully saturated rings. The molecule has 0 spiro atoms. The second-order valence-corrected chi connectivity index (χ2v) is 6.93. The van der Waals surface area contributed by atoms with Crippen molar-refractivity contribution in [2.45, 2.75) is 64.6 Å². The zero-order chi connectivity index (χ0) is 15.5. The minimum Gasteiger partial charge on any atom is -0.388 e. The SMILES string of the molecule is Cc1cc(N(C)CC2(O)CCCC2)ccc1CNC(C)C. The van der Waals surface area contributed by atoms with E-state index in [0.717, 1.165) is 38.8 Å². The topological polar surface area (TPSA) is 35.5 Å². The number of nitrogens with zero attached hydrogens (tertiary/aromatic N) is 1. The maximum atomic E-state index is 10.5. The highest BCUT2D eigenvalue weighted by atomic mass is 16.3. The Hall–Kier alpha value is -1.06. The van der Waals surface area contributed by atoms with E-state index in [0.29, 0.717) is 6.04 Å². The van der Waals surface area contributed by atoms with Crippen LogP contribution in [-0.4, -0.2) is 30.3 Å². The van der Waals surface area contributed by atoms with Crippen LogP contribution in [0.15, 0.2) is 18.2 Å². The lowest BCUT2D eigenvalue weighted by Gasteiger charge is -2.30. The number of rotatable bonds is 6. The molecule has 0 aromatic heterocycles. The van der Waals surface area contributed by atoms with Crippen LogP contribution in [0.4, 0.5) is 5.69 Å². The van der Waals surface area contributed by atoms with E-state index in [1.165, 1.54) is 16.8 Å². The number of hydrogen-bond donors (Lipinski definition) is 2. The van der Waals surface area contributed by atoms with Gasteiger partial charge in [0, 0.05) is 31.9 Å². The van der Waals surface area contributed by atoms with Gasteiger partial charge < -0.3 is 15.3 Å². The monoisotopic (exact) mass is 290 g/mol. The molecule has 1 aliphatic rings. The molecule has 0 atom stereocenters. The molecule has 2 rings (SSSR count). The van der Waals surface area contributed by atoms with Gasteiger partial charge in [-0.2, -0.15) is 0 Å². The number of benzene rings is 1. The van der Waals surface area contributed by atoms with Gasteiger partial charge >= 0.3 is 0 Å². The normalized spacial score (nSPS) is 17.4. The van der Waals surface area contributed by atoms with Crippen molar-refractivity contribution in [3.8, 4) is 0 Å². The summed E-state index contributed by atoms with van der Waals surface area (Å²) in [6.07, 6.45) is 4.19. The molecule has 3 heteroatoms. The van der Waals surface area contributed by atoms with Gasteiger partial charge in [0.25, 0.3) is 0 Å². The quantitative estimate of drug-likeness (QED) is 0.844. The van der Waals surface area contributed by atoms with E-state index in [1.807, 2.05) is 0 Å². The number of anilines is 1. The van der Waals surface area contributed by atoms with Crippen molar-refractivity contribution < 1.29 is 5.11 Å². The molecule has 0 saturated heterocycles. The van der Waals surface area contributed by atoms with Crippen LogP contribution >= 0.6 is 0 Å². The van der Waals surface area contributed by atoms with E-state index in [-0.39, 0.29) is 0 Å². The highest BCUT2D eigenvalue weighted by Crippen LogP contribution is 2.31. The van der Waals surface area contributed by atoms with Crippen LogP contribution in [0.5, 0.6) is 0 Å². The number of nitrogens with one attached hydrogen (secondary N) is 1. The highest BCUT2D eigenvalue weighted by molar-refractivity contribution is 5.50. The maximum absolute atomic E-state index is 10.5. The number of aliphatic hydroxyl groups is 1. The summed E-state index contributed by atoms with van der Waals surface area (Å²) in [6, 6.07) is 7.11. The molecular weight excluding hydrogens is 260 g/mol. The van der Waals surface area contributed by atoms with E-state index < -0.39 is 5.60 Å². The van der Waals surface area contributed by atoms with Gasteiger partial charge in [-0.1, -0.05) is 32.8 Å². The van der Waals surface area contributed by atoms with Gasteiger partial charge in [-0.3, -0.25) is 0 Å². The molecule has 1 aliphatic carbocycles. The molecule has 1 aromatic carbocycles. The Kier molecular flexibility index (Phi) is 5.28. The van der Waals surface area contributed by atoms with Crippen molar-refractivity contribution in [1.29, 1.82) is 0 Å². The fourth-order valence-corrected chi connectivity index (χ4v) is 3.15. The first kappa shape index (κ1) is 16.3. The Balaban J connectivity index is 2.01. The fraction of sp³-hybridized carbons (Fsp3) is 0.667. The summed E-state index contributed by atoms with van der Waals surface area (Å²) < 4.78 is 0. The summed E-state index contributed by atoms with van der Waals surface area (Å²) in [5.41, 5.74) is 3.37. The summed E-state index contributed by atoms with van der Waals surface area (Å²) >= 11 is 0. The van der Waals surface area contributed by atoms with E-state index >= 15 is 0 Å². The van der Waals surface area contributed by atoms with Crippen molar-refractivity contribution in [2.24, 2.45) is 0 Å². The lowest BCUT2D eigenvalue weighted by atomic mass is 10.0. The molecule has 0 heterocycles. The molecule has 3 nitrogen and oxygen atoms in total. The van der Waals surface area contributed by atoms with Gasteiger partial charge in [-0.15, -0.1) is 0 Å². The first-order chi connectivity index (χ1) is 9.89. The largest absolute Gasteiger partial charge is 0.388 e. The van der Waals surface area contributed by atoms with Crippen LogP contribution in [-0.2, 0) is 6.54 Å². The third-order valence-electron chi connectivity index (χ3n) is 4.53. The van der Waals surface area contributed by atoms with Crippen LogP contribution in [0.3, 0.4) is 0 Å². The van der Waals surface area contributed by atoms with Gasteiger partial charge in [-0.25, -0.2) is 0 Å². The second-order valence-electron chi connectivity index (χ2n) is 6.93. The van der Waals surface area contributed by atoms with E-state index in [4.69, 9.17) is 0 Å². The van der Waals surface area contributed by atoms with Gasteiger partial charge in [0.05, 0.1) is 5.60 Å². The summed E-state index contributed by atoms with van der Waals surface area (Å²) in [7, 11) is 2.08. The zero-order valence-corrected chi connectivity index (χ0v) is 13.9. The van der Waals surface area contributed by atoms with Crippen molar-refractivity contribution in [3.05, 3.63) is 29.3 Å². The average Bonchev–Trinajstić information content (AvgIpc) is 2.83. The van der Waals surface area contributed by atoms with Crippen molar-refractivity contribution in [1.82, 2.24) is 5.32 Å². The lowest BCUT2D eigenvalue weighted by Crippen LogP contribution is -2.39. The predicted octanol–water partition coefficient (Wildman–Crippen LogP) is 3.23. The first-order valence-corrected chi connectivity index (χ1v) is 8.16. The Morgan fingerprint density at radius 2 is 1.95 bits per heavy atom. The van der Waals surface area contributed by atoms with Gasteiger partial charge in [0.15, 0.2) is 0 Å². The lowest BCUT2D eigenvalue weighted by molar-refractivity contribution is 0.0559. The Morgan fingerprint density at radius 1 is 1.29 bits per heavy atom. The maximum Gasteiger partial charge on any atom is 0.0821 e. The number of hydrogen-bond acceptors (Lipinski definition) is 3. The molecule has 0 bridgehead atoms. The molecular formula is C18H30N2O. The van der Waals surface area contributed by atoms with Crippen LogP contribution in [0.25, 0.3) is 0 Å². The van der Waals surface area contributed by atoms with Crippen molar-refractivity contribution >= 4 is 5.69 Å². The first-order valence-electron chi connectivity index (χ1n) is 8.16. The Bertz CT molecular complexity index is 464. The third kappa shape index (κ3) is 4.45. The minimum absolute atomic E-state index is 0.486. The molecule has 1 aromatic rings. The van der Waals surface area contributed by atoms with Crippen molar-refractivity contribution in [2.75, 3.05) is 18.5 Å². The van der Waals surface area contributed by atoms with Crippen LogP contribution < -0.4 is 10.2 Å². The van der Waals surface area contributed by atoms with E-state index in [9.17, 15) is 5.11 Å². The fourth-order valence-electron chi connectivity index (χ4n) is 3.15. The van der Waals surface area contributed by atoms with E-state index in [2.05, 4.69) is 56.2 Å². The Labute approximate surface area is 129 Å². The zero-order valence-electron chi connectivity index (χ0n) is 13.9. The smallest absolute Gasteiger partial charge is 0.0821 e. The molecule has 0 amide bonds. The summed E-state index contributed by atoms with van der Waals surface area (Å²) in [5, 5.41) is 14.0. The number of likely N-dealkylation sites (N-methyl/N-ethyl adjacent to an activating group) is 1. The molecule has 0 aliphatic heterocycles. The average molecular weight is 290 g/mol. The Morgan fingerprint density at radius 3 is 2.52 bits per heavy atom. The second kappa shape index (κ2) is 6.80. The minimum atomic E-state index is -0.486. The van der Waals surface area contributed by atoms with Crippen LogP contribution in [0, 0.1) is 6.92 Å². The number of aryl methyl sites for hydroxylation is 1. The van der Waals surface area contributed by atoms with Crippen LogP contribution in [0.2, 0.25) is 0 Å². The third-order valence-corrected chi connectivity index (χ3v) is 4.53. The van der Waals surface area contributed by atoms with Gasteiger partial charge in [-0.05, 0) is 43.0 Å². The standard InChI is InChI=1S/C18H30N2O/c1-14(2)19-12-16-7-8-17(11-15(16)3)20(4)13-18(21)9-5-6-10-18/h7-8,11,14,19,21H,5-6,9-10,12-13H2,1-4H3.